The van der Waals surface area contributed by atoms with Gasteiger partial charge in [-0.15, -0.1) is 0 Å². The minimum atomic E-state index is -0.666. The fourth-order valence-electron chi connectivity index (χ4n) is 2.39. The van der Waals surface area contributed by atoms with Crippen LogP contribution in [0.25, 0.3) is 16.7 Å². The van der Waals surface area contributed by atoms with E-state index in [-0.39, 0.29) is 5.69 Å². The van der Waals surface area contributed by atoms with Crippen LogP contribution in [0.15, 0.2) is 47.3 Å². The van der Waals surface area contributed by atoms with Gasteiger partial charge in [0.05, 0.1) is 16.7 Å². The number of aromatic nitrogens is 2. The largest absolute Gasteiger partial charge is 0.439 e. The first-order chi connectivity index (χ1) is 9.74. The monoisotopic (exact) mass is 266 g/mol. The van der Waals surface area contributed by atoms with Crippen molar-refractivity contribution in [2.45, 2.75) is 0 Å². The van der Waals surface area contributed by atoms with Crippen LogP contribution in [-0.4, -0.2) is 15.6 Å². The summed E-state index contributed by atoms with van der Waals surface area (Å²) in [5, 5.41) is 3.82. The molecule has 6 heteroatoms. The standard InChI is InChI=1S/C14H8N3O3/c18-13-15-8-4-1-2-5-9(8)17(13)10-6-3-7-11-12(10)16-14(19)20-11/h1-7H,(H,15,18). The fraction of sp³-hybridized carbons (Fsp3) is 0. The number of rotatable bonds is 1. The summed E-state index contributed by atoms with van der Waals surface area (Å²) in [7, 11) is 0. The molecule has 1 aliphatic heterocycles. The van der Waals surface area contributed by atoms with Gasteiger partial charge in [0.1, 0.15) is 5.69 Å². The molecule has 1 aromatic heterocycles. The van der Waals surface area contributed by atoms with Crippen LogP contribution in [0.2, 0.25) is 0 Å². The lowest BCUT2D eigenvalue weighted by atomic mass is 10.2. The van der Waals surface area contributed by atoms with Crippen molar-refractivity contribution >= 4 is 22.8 Å². The van der Waals surface area contributed by atoms with Gasteiger partial charge < -0.3 is 9.72 Å². The normalized spacial score (nSPS) is 13.1. The molecular formula is C14H8N3O3. The van der Waals surface area contributed by atoms with Gasteiger partial charge in [-0.1, -0.05) is 18.2 Å². The number of amides is 1. The second-order valence-corrected chi connectivity index (χ2v) is 4.39. The van der Waals surface area contributed by atoms with E-state index in [4.69, 9.17) is 4.74 Å². The molecule has 0 saturated carbocycles. The minimum absolute atomic E-state index is 0.283. The van der Waals surface area contributed by atoms with Crippen LogP contribution < -0.4 is 15.7 Å². The van der Waals surface area contributed by atoms with Crippen LogP contribution in [-0.2, 0) is 0 Å². The van der Waals surface area contributed by atoms with E-state index in [0.717, 1.165) is 11.0 Å². The molecule has 97 valence electrons. The highest BCUT2D eigenvalue weighted by molar-refractivity contribution is 5.89. The number of aromatic amines is 1. The molecule has 0 fully saturated rings. The van der Waals surface area contributed by atoms with Gasteiger partial charge in [0.15, 0.2) is 5.75 Å². The molecule has 3 aromatic rings. The first kappa shape index (κ1) is 10.9. The SMILES string of the molecule is O=C1[N]c2c(cccc2-n2c(=O)[nH]c3ccccc32)O1. The van der Waals surface area contributed by atoms with Gasteiger partial charge in [-0.05, 0) is 24.3 Å². The maximum absolute atomic E-state index is 12.2. The quantitative estimate of drug-likeness (QED) is 0.732. The molecule has 0 saturated heterocycles. The Bertz CT molecular complexity index is 907. The first-order valence-corrected chi connectivity index (χ1v) is 6.01. The van der Waals surface area contributed by atoms with Crippen molar-refractivity contribution in [2.24, 2.45) is 0 Å². The average Bonchev–Trinajstić information content (AvgIpc) is 2.96. The van der Waals surface area contributed by atoms with Gasteiger partial charge >= 0.3 is 11.8 Å². The van der Waals surface area contributed by atoms with Crippen LogP contribution in [0.1, 0.15) is 0 Å². The topological polar surface area (TPSA) is 78.2 Å². The third-order valence-corrected chi connectivity index (χ3v) is 3.21. The molecule has 0 bridgehead atoms. The Morgan fingerprint density at radius 1 is 1.05 bits per heavy atom. The summed E-state index contributed by atoms with van der Waals surface area (Å²) < 4.78 is 6.45. The summed E-state index contributed by atoms with van der Waals surface area (Å²) >= 11 is 0. The highest BCUT2D eigenvalue weighted by atomic mass is 16.6. The number of nitrogens with one attached hydrogen (secondary N) is 1. The number of imidazole rings is 1. The van der Waals surface area contributed by atoms with E-state index in [2.05, 4.69) is 10.3 Å². The number of benzene rings is 2. The number of carbonyl (C=O) groups excluding carboxylic acids is 1. The van der Waals surface area contributed by atoms with Crippen molar-refractivity contribution in [2.75, 3.05) is 0 Å². The zero-order chi connectivity index (χ0) is 13.7. The van der Waals surface area contributed by atoms with Crippen molar-refractivity contribution in [3.63, 3.8) is 0 Å². The Morgan fingerprint density at radius 3 is 2.80 bits per heavy atom. The molecule has 0 atom stereocenters. The second-order valence-electron chi connectivity index (χ2n) is 4.39. The summed E-state index contributed by atoms with van der Waals surface area (Å²) in [5.74, 6) is 0.365. The maximum atomic E-state index is 12.2. The highest BCUT2D eigenvalue weighted by Gasteiger charge is 2.26. The predicted molar refractivity (Wildman–Crippen MR) is 71.7 cm³/mol. The average molecular weight is 266 g/mol. The number of carbonyl (C=O) groups is 1. The van der Waals surface area contributed by atoms with Crippen molar-refractivity contribution in [1.82, 2.24) is 14.9 Å². The van der Waals surface area contributed by atoms with Crippen molar-refractivity contribution < 1.29 is 9.53 Å². The van der Waals surface area contributed by atoms with Crippen LogP contribution in [0.4, 0.5) is 10.5 Å². The molecule has 2 heterocycles. The third-order valence-electron chi connectivity index (χ3n) is 3.21. The summed E-state index contributed by atoms with van der Waals surface area (Å²) in [6.07, 6.45) is -0.666. The zero-order valence-electron chi connectivity index (χ0n) is 10.2. The van der Waals surface area contributed by atoms with Gasteiger partial charge in [0, 0.05) is 0 Å². The lowest BCUT2D eigenvalue weighted by Gasteiger charge is -2.06. The lowest BCUT2D eigenvalue weighted by Crippen LogP contribution is -2.16. The predicted octanol–water partition coefficient (Wildman–Crippen LogP) is 2.07. The third kappa shape index (κ3) is 1.38. The van der Waals surface area contributed by atoms with E-state index in [1.54, 1.807) is 18.2 Å². The summed E-state index contributed by atoms with van der Waals surface area (Å²) in [6.45, 7) is 0. The van der Waals surface area contributed by atoms with E-state index < -0.39 is 6.09 Å². The highest BCUT2D eigenvalue weighted by Crippen LogP contribution is 2.36. The molecule has 20 heavy (non-hydrogen) atoms. The Morgan fingerprint density at radius 2 is 1.90 bits per heavy atom. The number of hydrogen-bond donors (Lipinski definition) is 1. The molecule has 0 spiro atoms. The Labute approximate surface area is 112 Å². The molecule has 1 aliphatic rings. The van der Waals surface area contributed by atoms with Crippen LogP contribution in [0, 0.1) is 0 Å². The van der Waals surface area contributed by atoms with Gasteiger partial charge in [0.25, 0.3) is 0 Å². The molecule has 1 radical (unpaired) electrons. The molecule has 6 nitrogen and oxygen atoms in total. The van der Waals surface area contributed by atoms with Crippen molar-refractivity contribution in [3.8, 4) is 11.4 Å². The molecule has 1 N–H and O–H groups in total. The first-order valence-electron chi connectivity index (χ1n) is 6.01. The second kappa shape index (κ2) is 3.74. The van der Waals surface area contributed by atoms with Crippen LogP contribution in [0.3, 0.4) is 0 Å². The molecule has 0 aliphatic carbocycles. The van der Waals surface area contributed by atoms with E-state index >= 15 is 0 Å². The fourth-order valence-corrected chi connectivity index (χ4v) is 2.39. The number of ether oxygens (including phenoxy) is 1. The summed E-state index contributed by atoms with van der Waals surface area (Å²) in [5.41, 5.74) is 2.06. The van der Waals surface area contributed by atoms with Gasteiger partial charge in [0.2, 0.25) is 0 Å². The number of fused-ring (bicyclic) bond motifs is 2. The maximum Gasteiger partial charge on any atom is 0.439 e. The lowest BCUT2D eigenvalue weighted by molar-refractivity contribution is 0.211. The molecule has 2 aromatic carbocycles. The molecular weight excluding hydrogens is 258 g/mol. The van der Waals surface area contributed by atoms with E-state index in [1.165, 1.54) is 4.57 Å². The summed E-state index contributed by atoms with van der Waals surface area (Å²) in [4.78, 5) is 26.2. The molecule has 0 unspecified atom stereocenters. The van der Waals surface area contributed by atoms with E-state index in [9.17, 15) is 9.59 Å². The smallest absolute Gasteiger partial charge is 0.406 e. The van der Waals surface area contributed by atoms with Crippen molar-refractivity contribution in [1.29, 1.82) is 0 Å². The van der Waals surface area contributed by atoms with Gasteiger partial charge in [-0.25, -0.2) is 9.59 Å². The molecule has 1 amide bonds. The van der Waals surface area contributed by atoms with Crippen LogP contribution in [0.5, 0.6) is 5.75 Å². The minimum Gasteiger partial charge on any atom is -0.406 e. The van der Waals surface area contributed by atoms with E-state index in [1.807, 2.05) is 24.3 Å². The molecule has 4 rings (SSSR count). The number of para-hydroxylation sites is 3. The number of hydrogen-bond acceptors (Lipinski definition) is 3. The Hall–Kier alpha value is -3.02. The van der Waals surface area contributed by atoms with Crippen LogP contribution >= 0.6 is 0 Å². The number of nitrogens with zero attached hydrogens (tertiary/aromatic N) is 2. The summed E-state index contributed by atoms with van der Waals surface area (Å²) in [6, 6.07) is 12.4. The number of H-pyrrole nitrogens is 1. The van der Waals surface area contributed by atoms with Gasteiger partial charge in [-0.2, -0.15) is 5.32 Å². The Kier molecular flexibility index (Phi) is 2.03. The van der Waals surface area contributed by atoms with Crippen molar-refractivity contribution in [3.05, 3.63) is 52.9 Å². The zero-order valence-corrected chi connectivity index (χ0v) is 10.2. The van der Waals surface area contributed by atoms with E-state index in [0.29, 0.717) is 17.1 Å². The van der Waals surface area contributed by atoms with Gasteiger partial charge in [-0.3, -0.25) is 4.57 Å². The Balaban J connectivity index is 2.07.